The average Bonchev–Trinajstić information content (AvgIpc) is 3.29. The first-order valence-corrected chi connectivity index (χ1v) is 12.4. The van der Waals surface area contributed by atoms with Crippen LogP contribution < -0.4 is 4.74 Å². The van der Waals surface area contributed by atoms with Gasteiger partial charge < -0.3 is 9.64 Å². The van der Waals surface area contributed by atoms with Crippen LogP contribution in [0.15, 0.2) is 71.9 Å². The lowest BCUT2D eigenvalue weighted by molar-refractivity contribution is 0.0764. The molecule has 35 heavy (non-hydrogen) atoms. The second-order valence-electron chi connectivity index (χ2n) is 7.58. The molecule has 10 heteroatoms. The van der Waals surface area contributed by atoms with Crippen molar-refractivity contribution in [2.24, 2.45) is 0 Å². The van der Waals surface area contributed by atoms with Crippen molar-refractivity contribution in [3.63, 3.8) is 0 Å². The molecule has 3 aromatic heterocycles. The van der Waals surface area contributed by atoms with E-state index >= 15 is 0 Å². The lowest BCUT2D eigenvalue weighted by Crippen LogP contribution is -2.32. The van der Waals surface area contributed by atoms with Crippen LogP contribution >= 0.6 is 0 Å². The van der Waals surface area contributed by atoms with Crippen LogP contribution in [0.25, 0.3) is 11.0 Å². The van der Waals surface area contributed by atoms with Gasteiger partial charge in [-0.25, -0.2) is 22.4 Å². The van der Waals surface area contributed by atoms with Crippen LogP contribution in [0.2, 0.25) is 0 Å². The van der Waals surface area contributed by atoms with Gasteiger partial charge in [0.25, 0.3) is 15.9 Å². The number of nitrogens with zero attached hydrogens (tertiary/aromatic N) is 4. The van der Waals surface area contributed by atoms with Crippen LogP contribution in [0.1, 0.15) is 40.3 Å². The summed E-state index contributed by atoms with van der Waals surface area (Å²) in [7, 11) is -2.83. The number of fused-ring (bicyclic) bond motifs is 1. The molecule has 0 spiro atoms. The number of hydrogen-bond donors (Lipinski definition) is 0. The van der Waals surface area contributed by atoms with E-state index in [0.29, 0.717) is 18.5 Å². The van der Waals surface area contributed by atoms with Crippen LogP contribution in [-0.2, 0) is 10.0 Å². The lowest BCUT2D eigenvalue weighted by atomic mass is 10.0. The highest BCUT2D eigenvalue weighted by atomic mass is 32.2. The van der Waals surface area contributed by atoms with Crippen LogP contribution in [-0.4, -0.2) is 59.1 Å². The maximum Gasteiger partial charge on any atom is 0.270 e. The first-order chi connectivity index (χ1) is 16.8. The summed E-state index contributed by atoms with van der Waals surface area (Å²) in [5.74, 6) is -1.12. The lowest BCUT2D eigenvalue weighted by Gasteiger charge is -2.21. The Bertz CT molecular complexity index is 1510. The van der Waals surface area contributed by atoms with Gasteiger partial charge in [-0.2, -0.15) is 0 Å². The number of ketones is 1. The second-order valence-corrected chi connectivity index (χ2v) is 9.36. The van der Waals surface area contributed by atoms with Gasteiger partial charge in [-0.15, -0.1) is 0 Å². The number of rotatable bonds is 8. The number of benzene rings is 1. The zero-order valence-corrected chi connectivity index (χ0v) is 20.3. The molecule has 0 aliphatic rings. The second kappa shape index (κ2) is 9.67. The number of amides is 1. The predicted molar refractivity (Wildman–Crippen MR) is 130 cm³/mol. The summed E-state index contributed by atoms with van der Waals surface area (Å²) < 4.78 is 33.6. The van der Waals surface area contributed by atoms with Gasteiger partial charge >= 0.3 is 0 Å². The molecule has 4 aromatic rings. The molecule has 0 saturated heterocycles. The molecule has 0 aliphatic carbocycles. The van der Waals surface area contributed by atoms with Crippen LogP contribution in [0.3, 0.4) is 0 Å². The van der Waals surface area contributed by atoms with E-state index in [2.05, 4.69) is 9.97 Å². The van der Waals surface area contributed by atoms with Crippen molar-refractivity contribution in [2.45, 2.75) is 18.7 Å². The Kier molecular flexibility index (Phi) is 6.65. The molecule has 0 saturated carbocycles. The molecule has 0 unspecified atom stereocenters. The molecular weight excluding hydrogens is 468 g/mol. The van der Waals surface area contributed by atoms with E-state index in [1.165, 1.54) is 48.7 Å². The fourth-order valence-corrected chi connectivity index (χ4v) is 5.40. The zero-order chi connectivity index (χ0) is 25.2. The highest BCUT2D eigenvalue weighted by Gasteiger charge is 2.32. The van der Waals surface area contributed by atoms with E-state index in [4.69, 9.17) is 4.74 Å². The third kappa shape index (κ3) is 4.17. The summed E-state index contributed by atoms with van der Waals surface area (Å²) in [4.78, 5) is 37.2. The van der Waals surface area contributed by atoms with Crippen molar-refractivity contribution in [3.05, 3.63) is 83.8 Å². The fourth-order valence-electron chi connectivity index (χ4n) is 3.91. The molecule has 0 N–H and O–H groups in total. The third-order valence-electron chi connectivity index (χ3n) is 5.65. The van der Waals surface area contributed by atoms with Crippen LogP contribution in [0.5, 0.6) is 5.88 Å². The summed E-state index contributed by atoms with van der Waals surface area (Å²) >= 11 is 0. The molecular formula is C25H24N4O5S. The number of carbonyl (C=O) groups excluding carboxylic acids is 2. The number of aromatic nitrogens is 3. The molecule has 9 nitrogen and oxygen atoms in total. The van der Waals surface area contributed by atoms with Gasteiger partial charge in [-0.05, 0) is 50.2 Å². The minimum Gasteiger partial charge on any atom is -0.480 e. The molecule has 0 aliphatic heterocycles. The summed E-state index contributed by atoms with van der Waals surface area (Å²) in [6, 6.07) is 14.0. The predicted octanol–water partition coefficient (Wildman–Crippen LogP) is 3.39. The fraction of sp³-hybridized carbons (Fsp3) is 0.200. The minimum atomic E-state index is -4.19. The first-order valence-electron chi connectivity index (χ1n) is 11.0. The summed E-state index contributed by atoms with van der Waals surface area (Å²) in [5, 5.41) is 0.466. The maximum absolute atomic E-state index is 13.9. The SMILES string of the molecule is CCN(CC)C(=O)c1c(C(=O)c2cc3cccnc3n2S(=O)(=O)c2ccccc2)ccnc1OC. The molecule has 0 radical (unpaired) electrons. The number of hydrogen-bond acceptors (Lipinski definition) is 7. The molecule has 1 amide bonds. The Morgan fingerprint density at radius 3 is 2.34 bits per heavy atom. The third-order valence-corrected chi connectivity index (χ3v) is 7.37. The van der Waals surface area contributed by atoms with Gasteiger partial charge in [-0.3, -0.25) is 9.59 Å². The molecule has 4 rings (SSSR count). The standard InChI is InChI=1S/C25H24N4O5S/c1-4-28(5-2)25(31)21-19(13-15-27-24(21)34-3)22(30)20-16-17-10-9-14-26-23(17)29(20)35(32,33)18-11-7-6-8-12-18/h6-16H,4-5H2,1-3H3. The molecule has 0 fully saturated rings. The van der Waals surface area contributed by atoms with Gasteiger partial charge in [0.15, 0.2) is 5.65 Å². The van der Waals surface area contributed by atoms with Gasteiger partial charge in [0.2, 0.25) is 11.7 Å². The normalized spacial score (nSPS) is 11.4. The van der Waals surface area contributed by atoms with Gasteiger partial charge in [0, 0.05) is 36.4 Å². The molecule has 0 bridgehead atoms. The van der Waals surface area contributed by atoms with E-state index in [1.54, 1.807) is 30.3 Å². The molecule has 0 atom stereocenters. The number of methoxy groups -OCH3 is 1. The topological polar surface area (TPSA) is 111 Å². The monoisotopic (exact) mass is 492 g/mol. The molecule has 180 valence electrons. The largest absolute Gasteiger partial charge is 0.480 e. The van der Waals surface area contributed by atoms with Crippen molar-refractivity contribution >= 4 is 32.7 Å². The van der Waals surface area contributed by atoms with Crippen molar-refractivity contribution in [1.82, 2.24) is 18.8 Å². The van der Waals surface area contributed by atoms with Crippen molar-refractivity contribution in [1.29, 1.82) is 0 Å². The van der Waals surface area contributed by atoms with Gasteiger partial charge in [0.05, 0.1) is 12.0 Å². The van der Waals surface area contributed by atoms with E-state index in [0.717, 1.165) is 3.97 Å². The van der Waals surface area contributed by atoms with Crippen molar-refractivity contribution < 1.29 is 22.7 Å². The smallest absolute Gasteiger partial charge is 0.270 e. The first kappa shape index (κ1) is 24.1. The molecule has 3 heterocycles. The highest BCUT2D eigenvalue weighted by molar-refractivity contribution is 7.90. The average molecular weight is 493 g/mol. The summed E-state index contributed by atoms with van der Waals surface area (Å²) in [6.45, 7) is 4.46. The maximum atomic E-state index is 13.9. The quantitative estimate of drug-likeness (QED) is 0.347. The van der Waals surface area contributed by atoms with E-state index in [-0.39, 0.29) is 33.2 Å². The Morgan fingerprint density at radius 2 is 1.69 bits per heavy atom. The van der Waals surface area contributed by atoms with Crippen LogP contribution in [0.4, 0.5) is 0 Å². The van der Waals surface area contributed by atoms with E-state index in [1.807, 2.05) is 13.8 Å². The minimum absolute atomic E-state index is 0.00366. The molecule has 1 aromatic carbocycles. The van der Waals surface area contributed by atoms with Crippen molar-refractivity contribution in [3.8, 4) is 5.88 Å². The summed E-state index contributed by atoms with van der Waals surface area (Å²) in [6.07, 6.45) is 2.81. The van der Waals surface area contributed by atoms with Crippen molar-refractivity contribution in [2.75, 3.05) is 20.2 Å². The number of pyridine rings is 2. The highest BCUT2D eigenvalue weighted by Crippen LogP contribution is 2.29. The van der Waals surface area contributed by atoms with Gasteiger partial charge in [0.1, 0.15) is 11.3 Å². The summed E-state index contributed by atoms with van der Waals surface area (Å²) in [5.41, 5.74) is -0.0756. The Morgan fingerprint density at radius 1 is 0.971 bits per heavy atom. The Labute approximate surface area is 203 Å². The Balaban J connectivity index is 1.99. The van der Waals surface area contributed by atoms with Crippen LogP contribution in [0, 0.1) is 0 Å². The number of carbonyl (C=O) groups is 2. The zero-order valence-electron chi connectivity index (χ0n) is 19.5. The van der Waals surface area contributed by atoms with Gasteiger partial charge in [-0.1, -0.05) is 18.2 Å². The van der Waals surface area contributed by atoms with E-state index < -0.39 is 21.7 Å². The van der Waals surface area contributed by atoms with E-state index in [9.17, 15) is 18.0 Å². The number of ether oxygens (including phenoxy) is 1. The Hall–Kier alpha value is -4.05.